The lowest BCUT2D eigenvalue weighted by Gasteiger charge is -2.08. The highest BCUT2D eigenvalue weighted by atomic mass is 16.5. The lowest BCUT2D eigenvalue weighted by molar-refractivity contribution is -0.121. The lowest BCUT2D eigenvalue weighted by Crippen LogP contribution is -2.27. The quantitative estimate of drug-likeness (QED) is 0.433. The van der Waals surface area contributed by atoms with Gasteiger partial charge >= 0.3 is 5.97 Å². The Morgan fingerprint density at radius 1 is 0.929 bits per heavy atom. The minimum atomic E-state index is -0.410. The standard InChI is InChI=1S/C23H29NO4/c1-2-3-4-8-11-22(25)24-16-17-27-23(26)20-12-14-21(15-13-20)28-18-19-9-6-5-7-10-19/h5-7,9-10,12-15H,2-4,8,11,16-18H2,1H3,(H,24,25). The van der Waals surface area contributed by atoms with Crippen LogP contribution in [0.1, 0.15) is 54.9 Å². The molecule has 0 aromatic heterocycles. The Morgan fingerprint density at radius 3 is 2.39 bits per heavy atom. The monoisotopic (exact) mass is 383 g/mol. The minimum Gasteiger partial charge on any atom is -0.489 e. The molecule has 0 aliphatic carbocycles. The van der Waals surface area contributed by atoms with E-state index >= 15 is 0 Å². The van der Waals surface area contributed by atoms with Gasteiger partial charge in [-0.1, -0.05) is 56.5 Å². The van der Waals surface area contributed by atoms with Crippen molar-refractivity contribution in [1.29, 1.82) is 0 Å². The Bertz CT molecular complexity index is 713. The molecule has 0 unspecified atom stereocenters. The summed E-state index contributed by atoms with van der Waals surface area (Å²) in [6, 6.07) is 16.7. The SMILES string of the molecule is CCCCCCC(=O)NCCOC(=O)c1ccc(OCc2ccccc2)cc1. The maximum Gasteiger partial charge on any atom is 0.338 e. The van der Waals surface area contributed by atoms with E-state index in [2.05, 4.69) is 12.2 Å². The summed E-state index contributed by atoms with van der Waals surface area (Å²) >= 11 is 0. The molecule has 28 heavy (non-hydrogen) atoms. The first-order valence-corrected chi connectivity index (χ1v) is 9.89. The van der Waals surface area contributed by atoms with E-state index in [1.54, 1.807) is 24.3 Å². The van der Waals surface area contributed by atoms with E-state index in [0.29, 0.717) is 30.9 Å². The Labute approximate surface area is 167 Å². The van der Waals surface area contributed by atoms with Crippen LogP contribution in [0.4, 0.5) is 0 Å². The summed E-state index contributed by atoms with van der Waals surface area (Å²) in [7, 11) is 0. The first-order valence-electron chi connectivity index (χ1n) is 9.89. The summed E-state index contributed by atoms with van der Waals surface area (Å²) in [5.74, 6) is 0.287. The molecule has 2 aromatic rings. The van der Waals surface area contributed by atoms with Crippen molar-refractivity contribution < 1.29 is 19.1 Å². The highest BCUT2D eigenvalue weighted by molar-refractivity contribution is 5.89. The third-order valence-corrected chi connectivity index (χ3v) is 4.25. The summed E-state index contributed by atoms with van der Waals surface area (Å²) in [6.45, 7) is 3.10. The first-order chi connectivity index (χ1) is 13.7. The van der Waals surface area contributed by atoms with Gasteiger partial charge in [0.15, 0.2) is 0 Å². The molecule has 0 saturated heterocycles. The van der Waals surface area contributed by atoms with E-state index in [9.17, 15) is 9.59 Å². The third kappa shape index (κ3) is 8.25. The highest BCUT2D eigenvalue weighted by Crippen LogP contribution is 2.15. The van der Waals surface area contributed by atoms with Gasteiger partial charge in [-0.15, -0.1) is 0 Å². The molecular formula is C23H29NO4. The molecule has 0 spiro atoms. The van der Waals surface area contributed by atoms with Crippen LogP contribution in [-0.2, 0) is 16.1 Å². The molecule has 5 heteroatoms. The molecule has 0 atom stereocenters. The van der Waals surface area contributed by atoms with Crippen LogP contribution in [0.15, 0.2) is 54.6 Å². The van der Waals surface area contributed by atoms with E-state index in [1.807, 2.05) is 30.3 Å². The van der Waals surface area contributed by atoms with Crippen molar-refractivity contribution in [3.05, 3.63) is 65.7 Å². The van der Waals surface area contributed by atoms with Crippen molar-refractivity contribution in [2.45, 2.75) is 45.6 Å². The van der Waals surface area contributed by atoms with Crippen molar-refractivity contribution in [3.8, 4) is 5.75 Å². The van der Waals surface area contributed by atoms with Gasteiger partial charge in [0.25, 0.3) is 0 Å². The maximum atomic E-state index is 12.0. The molecule has 0 saturated carbocycles. The Morgan fingerprint density at radius 2 is 1.68 bits per heavy atom. The normalized spacial score (nSPS) is 10.3. The average Bonchev–Trinajstić information content (AvgIpc) is 2.74. The van der Waals surface area contributed by atoms with Gasteiger partial charge in [0.2, 0.25) is 5.91 Å². The summed E-state index contributed by atoms with van der Waals surface area (Å²) in [6.07, 6.45) is 4.80. The number of nitrogens with one attached hydrogen (secondary N) is 1. The molecule has 5 nitrogen and oxygen atoms in total. The number of carbonyl (C=O) groups excluding carboxylic acids is 2. The van der Waals surface area contributed by atoms with Crippen molar-refractivity contribution >= 4 is 11.9 Å². The highest BCUT2D eigenvalue weighted by Gasteiger charge is 2.08. The molecule has 1 amide bonds. The summed E-state index contributed by atoms with van der Waals surface area (Å²) < 4.78 is 10.9. The fourth-order valence-corrected chi connectivity index (χ4v) is 2.65. The number of rotatable bonds is 12. The number of hydrogen-bond donors (Lipinski definition) is 1. The van der Waals surface area contributed by atoms with Crippen LogP contribution >= 0.6 is 0 Å². The van der Waals surface area contributed by atoms with Crippen LogP contribution in [0.2, 0.25) is 0 Å². The first kappa shape index (κ1) is 21.5. The average molecular weight is 383 g/mol. The van der Waals surface area contributed by atoms with E-state index in [4.69, 9.17) is 9.47 Å². The zero-order valence-corrected chi connectivity index (χ0v) is 16.5. The van der Waals surface area contributed by atoms with Gasteiger partial charge in [-0.05, 0) is 36.2 Å². The molecule has 0 radical (unpaired) electrons. The largest absolute Gasteiger partial charge is 0.489 e. The van der Waals surface area contributed by atoms with Gasteiger partial charge in [-0.2, -0.15) is 0 Å². The zero-order valence-electron chi connectivity index (χ0n) is 16.5. The number of amides is 1. The molecule has 150 valence electrons. The van der Waals surface area contributed by atoms with Crippen LogP contribution in [0.25, 0.3) is 0 Å². The van der Waals surface area contributed by atoms with Crippen LogP contribution < -0.4 is 10.1 Å². The number of benzene rings is 2. The lowest BCUT2D eigenvalue weighted by atomic mass is 10.1. The van der Waals surface area contributed by atoms with Gasteiger partial charge in [-0.25, -0.2) is 4.79 Å². The predicted octanol–water partition coefficient (Wildman–Crippen LogP) is 4.51. The number of hydrogen-bond acceptors (Lipinski definition) is 4. The van der Waals surface area contributed by atoms with E-state index < -0.39 is 5.97 Å². The fourth-order valence-electron chi connectivity index (χ4n) is 2.65. The summed E-state index contributed by atoms with van der Waals surface area (Å²) in [5.41, 5.74) is 1.54. The smallest absolute Gasteiger partial charge is 0.338 e. The second-order valence-electron chi connectivity index (χ2n) is 6.60. The summed E-state index contributed by atoms with van der Waals surface area (Å²) in [4.78, 5) is 23.7. The van der Waals surface area contributed by atoms with Gasteiger partial charge in [0.05, 0.1) is 12.1 Å². The molecule has 0 fully saturated rings. The molecule has 0 heterocycles. The Hall–Kier alpha value is -2.82. The van der Waals surface area contributed by atoms with Crippen LogP contribution in [0, 0.1) is 0 Å². The third-order valence-electron chi connectivity index (χ3n) is 4.25. The molecule has 0 aliphatic rings. The van der Waals surface area contributed by atoms with Crippen molar-refractivity contribution in [2.75, 3.05) is 13.2 Å². The maximum absolute atomic E-state index is 12.0. The Kier molecular flexibility index (Phi) is 9.62. The number of carbonyl (C=O) groups is 2. The molecule has 1 N–H and O–H groups in total. The van der Waals surface area contributed by atoms with Crippen molar-refractivity contribution in [1.82, 2.24) is 5.32 Å². The molecule has 2 aromatic carbocycles. The molecule has 0 aliphatic heterocycles. The van der Waals surface area contributed by atoms with Gasteiger partial charge in [0.1, 0.15) is 19.0 Å². The summed E-state index contributed by atoms with van der Waals surface area (Å²) in [5, 5.41) is 2.77. The Balaban J connectivity index is 1.63. The zero-order chi connectivity index (χ0) is 20.0. The van der Waals surface area contributed by atoms with Crippen LogP contribution in [-0.4, -0.2) is 25.0 Å². The van der Waals surface area contributed by atoms with Crippen LogP contribution in [0.3, 0.4) is 0 Å². The predicted molar refractivity (Wildman–Crippen MR) is 109 cm³/mol. The topological polar surface area (TPSA) is 64.6 Å². The number of ether oxygens (including phenoxy) is 2. The van der Waals surface area contributed by atoms with Crippen molar-refractivity contribution in [3.63, 3.8) is 0 Å². The minimum absolute atomic E-state index is 0.00655. The van der Waals surface area contributed by atoms with E-state index in [-0.39, 0.29) is 12.5 Å². The number of unbranched alkanes of at least 4 members (excludes halogenated alkanes) is 3. The van der Waals surface area contributed by atoms with Crippen LogP contribution in [0.5, 0.6) is 5.75 Å². The molecular weight excluding hydrogens is 354 g/mol. The second-order valence-corrected chi connectivity index (χ2v) is 6.60. The van der Waals surface area contributed by atoms with E-state index in [0.717, 1.165) is 31.2 Å². The molecule has 0 bridgehead atoms. The molecule has 2 rings (SSSR count). The fraction of sp³-hybridized carbons (Fsp3) is 0.391. The second kappa shape index (κ2) is 12.5. The number of esters is 1. The van der Waals surface area contributed by atoms with Gasteiger partial charge in [-0.3, -0.25) is 4.79 Å². The van der Waals surface area contributed by atoms with Gasteiger partial charge < -0.3 is 14.8 Å². The van der Waals surface area contributed by atoms with Gasteiger partial charge in [0, 0.05) is 6.42 Å². The van der Waals surface area contributed by atoms with Crippen molar-refractivity contribution in [2.24, 2.45) is 0 Å². The van der Waals surface area contributed by atoms with E-state index in [1.165, 1.54) is 0 Å².